The van der Waals surface area contributed by atoms with Crippen molar-refractivity contribution in [2.75, 3.05) is 16.8 Å². The Bertz CT molecular complexity index is 1750. The molecule has 6 rings (SSSR count). The number of hydrogen-bond donors (Lipinski definition) is 1. The largest absolute Gasteiger partial charge is 0.318 e. The van der Waals surface area contributed by atoms with E-state index in [2.05, 4.69) is 30.4 Å². The first-order chi connectivity index (χ1) is 20.0. The Balaban J connectivity index is 1.20. The third kappa shape index (κ3) is 4.87. The molecule has 1 aliphatic carbocycles. The number of carbonyl (C=O) groups excluding carboxylic acids is 2. The Morgan fingerprint density at radius 3 is 2.60 bits per heavy atom. The van der Waals surface area contributed by atoms with Gasteiger partial charge >= 0.3 is 0 Å². The van der Waals surface area contributed by atoms with Gasteiger partial charge in [0.05, 0.1) is 58.1 Å². The summed E-state index contributed by atoms with van der Waals surface area (Å²) in [4.78, 5) is 44.7. The van der Waals surface area contributed by atoms with Crippen LogP contribution in [0.1, 0.15) is 58.9 Å². The number of alkyl halides is 2. The molecule has 4 aromatic rings. The van der Waals surface area contributed by atoms with E-state index in [9.17, 15) is 22.8 Å². The summed E-state index contributed by atoms with van der Waals surface area (Å²) in [6.07, 6.45) is 3.69. The molecule has 216 valence electrons. The van der Waals surface area contributed by atoms with Crippen molar-refractivity contribution in [2.45, 2.75) is 39.7 Å². The van der Waals surface area contributed by atoms with Crippen LogP contribution in [0.5, 0.6) is 0 Å². The van der Waals surface area contributed by atoms with Crippen molar-refractivity contribution < 1.29 is 22.8 Å². The highest BCUT2D eigenvalue weighted by Crippen LogP contribution is 2.47. The average molecular weight is 597 g/mol. The van der Waals surface area contributed by atoms with E-state index in [1.807, 2.05) is 13.8 Å². The molecule has 3 atom stereocenters. The Hall–Kier alpha value is -4.39. The number of rotatable bonds is 7. The minimum Gasteiger partial charge on any atom is -0.318 e. The summed E-state index contributed by atoms with van der Waals surface area (Å²) in [7, 11) is 0. The third-order valence-electron chi connectivity index (χ3n) is 7.59. The van der Waals surface area contributed by atoms with Crippen LogP contribution in [-0.4, -0.2) is 48.1 Å². The summed E-state index contributed by atoms with van der Waals surface area (Å²) in [6, 6.07) is 1.69. The molecule has 10 nitrogen and oxygen atoms in total. The molecule has 14 heteroatoms. The van der Waals surface area contributed by atoms with Crippen molar-refractivity contribution in [1.82, 2.24) is 29.7 Å². The third-order valence-corrected chi connectivity index (χ3v) is 7.88. The van der Waals surface area contributed by atoms with Gasteiger partial charge in [0.2, 0.25) is 5.91 Å². The van der Waals surface area contributed by atoms with E-state index in [4.69, 9.17) is 11.6 Å². The van der Waals surface area contributed by atoms with Gasteiger partial charge in [0.25, 0.3) is 12.3 Å². The molecule has 2 amide bonds. The summed E-state index contributed by atoms with van der Waals surface area (Å²) < 4.78 is 43.6. The highest BCUT2D eigenvalue weighted by atomic mass is 35.5. The van der Waals surface area contributed by atoms with Crippen LogP contribution in [0.3, 0.4) is 0 Å². The molecule has 1 saturated carbocycles. The number of piperidine rings is 1. The van der Waals surface area contributed by atoms with Crippen LogP contribution in [0.2, 0.25) is 5.02 Å². The quantitative estimate of drug-likeness (QED) is 0.307. The van der Waals surface area contributed by atoms with Gasteiger partial charge in [-0.1, -0.05) is 17.7 Å². The lowest BCUT2D eigenvalue weighted by atomic mass is 10.0. The number of carbonyl (C=O) groups is 2. The maximum atomic E-state index is 14.8. The molecule has 1 aromatic carbocycles. The molecule has 0 spiro atoms. The fraction of sp³-hybridized carbons (Fsp3) is 0.321. The second-order valence-corrected chi connectivity index (χ2v) is 10.8. The summed E-state index contributed by atoms with van der Waals surface area (Å²) in [6.45, 7) is 5.85. The predicted molar refractivity (Wildman–Crippen MR) is 147 cm³/mol. The highest BCUT2D eigenvalue weighted by molar-refractivity contribution is 6.31. The van der Waals surface area contributed by atoms with Crippen molar-refractivity contribution in [2.24, 2.45) is 11.8 Å². The van der Waals surface area contributed by atoms with E-state index in [0.717, 1.165) is 24.8 Å². The minimum absolute atomic E-state index is 0.100. The molecule has 2 fully saturated rings. The van der Waals surface area contributed by atoms with E-state index in [1.165, 1.54) is 13.1 Å². The smallest absolute Gasteiger partial charge is 0.276 e. The second kappa shape index (κ2) is 10.5. The number of nitrogens with one attached hydrogen (secondary N) is 1. The number of hydrogen-bond acceptors (Lipinski definition) is 7. The van der Waals surface area contributed by atoms with Crippen LogP contribution in [0, 0.1) is 31.5 Å². The SMILES string of the molecule is Cc1ncc(-c2c(C(F)F)ccc(Cl)c2F)nc1C(=O)Nc1cnn([C@@H](C)c2cnc(N3C[C@H]4C[C@H]4C3=O)c(C)n2)c1. The van der Waals surface area contributed by atoms with Crippen molar-refractivity contribution in [3.8, 4) is 11.3 Å². The van der Waals surface area contributed by atoms with E-state index in [-0.39, 0.29) is 40.0 Å². The van der Waals surface area contributed by atoms with Gasteiger partial charge in [0, 0.05) is 29.8 Å². The lowest BCUT2D eigenvalue weighted by Gasteiger charge is -2.20. The van der Waals surface area contributed by atoms with E-state index in [1.54, 1.807) is 22.0 Å². The number of nitrogens with zero attached hydrogens (tertiary/aromatic N) is 7. The van der Waals surface area contributed by atoms with Crippen LogP contribution in [0.4, 0.5) is 24.7 Å². The molecule has 0 bridgehead atoms. The number of aromatic nitrogens is 6. The number of halogens is 4. The minimum atomic E-state index is -3.00. The summed E-state index contributed by atoms with van der Waals surface area (Å²) in [5.41, 5.74) is 0.202. The highest BCUT2D eigenvalue weighted by Gasteiger charge is 2.53. The standard InChI is InChI=1S/C28H24ClF3N8O2/c1-12-24(38-21(9-33-12)22-17(25(31)32)4-5-19(29)23(22)30)27(41)37-16-7-35-40(11-16)14(3)20-8-34-26(13(2)36-20)39-10-15-6-18(15)28(39)42/h4-5,7-9,11,14-15,18,25H,6,10H2,1-3H3,(H,37,41)/t14-,15+,18+/m0/s1. The Labute approximate surface area is 243 Å². The maximum Gasteiger partial charge on any atom is 0.276 e. The summed E-state index contributed by atoms with van der Waals surface area (Å²) in [5.74, 6) is -0.572. The number of anilines is 2. The normalized spacial score (nSPS) is 18.4. The predicted octanol–water partition coefficient (Wildman–Crippen LogP) is 5.32. The van der Waals surface area contributed by atoms with Crippen molar-refractivity contribution in [1.29, 1.82) is 0 Å². The summed E-state index contributed by atoms with van der Waals surface area (Å²) >= 11 is 5.83. The van der Waals surface area contributed by atoms with Crippen LogP contribution in [0.15, 0.2) is 36.9 Å². The zero-order valence-electron chi connectivity index (χ0n) is 22.6. The second-order valence-electron chi connectivity index (χ2n) is 10.4. The molecule has 42 heavy (non-hydrogen) atoms. The lowest BCUT2D eigenvalue weighted by Crippen LogP contribution is -2.30. The number of fused-ring (bicyclic) bond motifs is 1. The molecule has 2 aliphatic rings. The zero-order valence-corrected chi connectivity index (χ0v) is 23.4. The van der Waals surface area contributed by atoms with Crippen LogP contribution >= 0.6 is 11.6 Å². The van der Waals surface area contributed by atoms with Gasteiger partial charge in [-0.05, 0) is 39.2 Å². The number of amides is 2. The first kappa shape index (κ1) is 27.8. The van der Waals surface area contributed by atoms with Crippen LogP contribution < -0.4 is 10.2 Å². The van der Waals surface area contributed by atoms with E-state index >= 15 is 0 Å². The first-order valence-electron chi connectivity index (χ1n) is 13.1. The van der Waals surface area contributed by atoms with Gasteiger partial charge in [0.15, 0.2) is 11.6 Å². The Kier molecular flexibility index (Phi) is 6.92. The van der Waals surface area contributed by atoms with E-state index < -0.39 is 29.3 Å². The molecular weight excluding hydrogens is 573 g/mol. The molecular formula is C28H24ClF3N8O2. The van der Waals surface area contributed by atoms with Crippen molar-refractivity contribution in [3.63, 3.8) is 0 Å². The Morgan fingerprint density at radius 1 is 1.12 bits per heavy atom. The molecule has 1 N–H and O–H groups in total. The molecule has 0 unspecified atom stereocenters. The topological polar surface area (TPSA) is 119 Å². The molecule has 0 radical (unpaired) electrons. The van der Waals surface area contributed by atoms with E-state index in [0.29, 0.717) is 35.4 Å². The molecule has 1 aliphatic heterocycles. The maximum absolute atomic E-state index is 14.8. The molecule has 4 heterocycles. The molecule has 1 saturated heterocycles. The van der Waals surface area contributed by atoms with Gasteiger partial charge in [0.1, 0.15) is 5.69 Å². The number of aryl methyl sites for hydroxylation is 2. The van der Waals surface area contributed by atoms with Crippen LogP contribution in [-0.2, 0) is 4.79 Å². The fourth-order valence-electron chi connectivity index (χ4n) is 5.16. The zero-order chi connectivity index (χ0) is 29.9. The van der Waals surface area contributed by atoms with Crippen LogP contribution in [0.25, 0.3) is 11.3 Å². The van der Waals surface area contributed by atoms with Crippen molar-refractivity contribution >= 4 is 34.9 Å². The van der Waals surface area contributed by atoms with Gasteiger partial charge in [-0.25, -0.2) is 23.1 Å². The van der Waals surface area contributed by atoms with Gasteiger partial charge in [-0.3, -0.25) is 29.1 Å². The Morgan fingerprint density at radius 2 is 1.90 bits per heavy atom. The lowest BCUT2D eigenvalue weighted by molar-refractivity contribution is -0.118. The van der Waals surface area contributed by atoms with Gasteiger partial charge < -0.3 is 5.32 Å². The first-order valence-corrected chi connectivity index (χ1v) is 13.5. The number of benzene rings is 1. The monoisotopic (exact) mass is 596 g/mol. The molecule has 3 aromatic heterocycles. The van der Waals surface area contributed by atoms with Crippen molar-refractivity contribution in [3.05, 3.63) is 76.1 Å². The average Bonchev–Trinajstić information content (AvgIpc) is 3.46. The van der Waals surface area contributed by atoms with Gasteiger partial charge in [-0.2, -0.15) is 5.10 Å². The van der Waals surface area contributed by atoms with Gasteiger partial charge in [-0.15, -0.1) is 0 Å². The fourth-order valence-corrected chi connectivity index (χ4v) is 5.32. The summed E-state index contributed by atoms with van der Waals surface area (Å²) in [5, 5.41) is 6.63.